The number of thiocarbonyl (C=S) groups is 1. The van der Waals surface area contributed by atoms with Crippen LogP contribution in [0.1, 0.15) is 69.2 Å². The number of rotatable bonds is 10. The highest BCUT2D eigenvalue weighted by molar-refractivity contribution is 7.80. The SMILES string of the molecule is CCOC(=O)C(C)N1C(=O)COc2ccc(OC3CN(C(=O)OC(C)(C)C)C3)cc21.CCOC(=O)C(C)N1C(=S)COc2ccc(OC3CN(C(=O)OC(C)(C)C)C3)cc21. The van der Waals surface area contributed by atoms with Crippen LogP contribution in [0.5, 0.6) is 23.0 Å². The lowest BCUT2D eigenvalue weighted by Crippen LogP contribution is -2.57. The predicted molar refractivity (Wildman–Crippen MR) is 223 cm³/mol. The highest BCUT2D eigenvalue weighted by atomic mass is 32.1. The van der Waals surface area contributed by atoms with Crippen LogP contribution >= 0.6 is 12.2 Å². The lowest BCUT2D eigenvalue weighted by atomic mass is 10.1. The lowest BCUT2D eigenvalue weighted by Gasteiger charge is -2.40. The number of esters is 2. The van der Waals surface area contributed by atoms with Gasteiger partial charge in [0, 0.05) is 12.1 Å². The van der Waals surface area contributed by atoms with E-state index in [1.807, 2.05) is 41.5 Å². The molecule has 4 heterocycles. The highest BCUT2D eigenvalue weighted by Crippen LogP contribution is 2.39. The van der Waals surface area contributed by atoms with E-state index in [0.29, 0.717) is 72.1 Å². The molecule has 0 bridgehead atoms. The number of ether oxygens (including phenoxy) is 8. The van der Waals surface area contributed by atoms with Gasteiger partial charge in [0.15, 0.2) is 6.61 Å². The third-order valence-electron chi connectivity index (χ3n) is 9.25. The van der Waals surface area contributed by atoms with E-state index in [1.165, 1.54) is 4.90 Å². The zero-order chi connectivity index (χ0) is 44.1. The van der Waals surface area contributed by atoms with Crippen molar-refractivity contribution in [3.63, 3.8) is 0 Å². The summed E-state index contributed by atoms with van der Waals surface area (Å²) in [5, 5.41) is 0. The average Bonchev–Trinajstić information content (AvgIpc) is 3.12. The second kappa shape index (κ2) is 18.8. The Bertz CT molecular complexity index is 1800. The number of hydrogen-bond donors (Lipinski definition) is 0. The Balaban J connectivity index is 0.000000228. The summed E-state index contributed by atoms with van der Waals surface area (Å²) in [5.41, 5.74) is 0.0341. The van der Waals surface area contributed by atoms with E-state index in [1.54, 1.807) is 78.8 Å². The van der Waals surface area contributed by atoms with E-state index >= 15 is 0 Å². The number of nitrogens with zero attached hydrogens (tertiary/aromatic N) is 4. The van der Waals surface area contributed by atoms with Gasteiger partial charge in [0.25, 0.3) is 5.91 Å². The normalized spacial score (nSPS) is 17.4. The van der Waals surface area contributed by atoms with Crippen molar-refractivity contribution >= 4 is 58.6 Å². The van der Waals surface area contributed by atoms with Crippen molar-refractivity contribution in [1.29, 1.82) is 0 Å². The van der Waals surface area contributed by atoms with Gasteiger partial charge in [0.2, 0.25) is 0 Å². The van der Waals surface area contributed by atoms with Crippen LogP contribution in [0.25, 0.3) is 0 Å². The fourth-order valence-electron chi connectivity index (χ4n) is 6.40. The zero-order valence-corrected chi connectivity index (χ0v) is 36.8. The Morgan fingerprint density at radius 3 is 1.50 bits per heavy atom. The number of benzene rings is 2. The Morgan fingerprint density at radius 2 is 1.08 bits per heavy atom. The molecule has 0 radical (unpaired) electrons. The van der Waals surface area contributed by atoms with Crippen molar-refractivity contribution in [2.45, 2.75) is 105 Å². The number of likely N-dealkylation sites (tertiary alicyclic amines) is 2. The van der Waals surface area contributed by atoms with Gasteiger partial charge in [-0.3, -0.25) is 9.69 Å². The lowest BCUT2D eigenvalue weighted by molar-refractivity contribution is -0.146. The van der Waals surface area contributed by atoms with E-state index in [4.69, 9.17) is 50.1 Å². The molecule has 0 aromatic heterocycles. The summed E-state index contributed by atoms with van der Waals surface area (Å²) in [6.07, 6.45) is -1.04. The van der Waals surface area contributed by atoms with Crippen molar-refractivity contribution in [3.05, 3.63) is 36.4 Å². The quantitative estimate of drug-likeness (QED) is 0.166. The molecule has 0 spiro atoms. The molecule has 4 aliphatic heterocycles. The standard InChI is InChI=1S/C21H28N2O7.C21H28N2O6S/c1-6-27-19(25)13(2)23-16-9-14(7-8-17(16)28-12-18(23)24)29-15-10-22(11-15)20(26)30-21(3,4)5;1-6-26-19(24)13(2)23-16-9-14(7-8-17(16)27-12-18(23)30)28-15-10-22(11-15)20(25)29-21(3,4)5/h2*7-9,13,15H,6,10-12H2,1-5H3. The Morgan fingerprint density at radius 1 is 0.683 bits per heavy atom. The third kappa shape index (κ3) is 11.4. The van der Waals surface area contributed by atoms with Gasteiger partial charge in [-0.15, -0.1) is 0 Å². The van der Waals surface area contributed by atoms with Crippen molar-refractivity contribution in [3.8, 4) is 23.0 Å². The van der Waals surface area contributed by atoms with Crippen molar-refractivity contribution in [1.82, 2.24) is 9.80 Å². The summed E-state index contributed by atoms with van der Waals surface area (Å²) < 4.78 is 44.0. The third-order valence-corrected chi connectivity index (χ3v) is 9.57. The van der Waals surface area contributed by atoms with Crippen LogP contribution in [-0.4, -0.2) is 133 Å². The maximum absolute atomic E-state index is 12.4. The fourth-order valence-corrected chi connectivity index (χ4v) is 6.71. The first-order chi connectivity index (χ1) is 28.2. The summed E-state index contributed by atoms with van der Waals surface area (Å²) in [4.78, 5) is 67.8. The van der Waals surface area contributed by atoms with E-state index in [9.17, 15) is 24.0 Å². The monoisotopic (exact) mass is 856 g/mol. The summed E-state index contributed by atoms with van der Waals surface area (Å²) >= 11 is 5.43. The van der Waals surface area contributed by atoms with E-state index in [2.05, 4.69) is 0 Å². The Labute approximate surface area is 356 Å². The Hall–Kier alpha value is -5.52. The summed E-state index contributed by atoms with van der Waals surface area (Å²) in [6, 6.07) is 9.12. The van der Waals surface area contributed by atoms with Crippen LogP contribution in [-0.2, 0) is 33.3 Å². The first kappa shape index (κ1) is 45.6. The van der Waals surface area contributed by atoms with Gasteiger partial charge >= 0.3 is 24.1 Å². The van der Waals surface area contributed by atoms with Gasteiger partial charge in [-0.2, -0.15) is 0 Å². The molecule has 328 valence electrons. The maximum Gasteiger partial charge on any atom is 0.410 e. The zero-order valence-electron chi connectivity index (χ0n) is 35.9. The second-order valence-electron chi connectivity index (χ2n) is 16.5. The molecule has 2 aromatic rings. The first-order valence-corrected chi connectivity index (χ1v) is 20.4. The minimum absolute atomic E-state index is 0.136. The fraction of sp³-hybridized carbons (Fsp3) is 0.571. The molecule has 2 fully saturated rings. The van der Waals surface area contributed by atoms with E-state index in [0.717, 1.165) is 0 Å². The van der Waals surface area contributed by atoms with Crippen LogP contribution in [0.15, 0.2) is 36.4 Å². The van der Waals surface area contributed by atoms with Gasteiger partial charge in [-0.25, -0.2) is 19.2 Å². The molecular formula is C42H56N4O13S. The predicted octanol–water partition coefficient (Wildman–Crippen LogP) is 5.52. The highest BCUT2D eigenvalue weighted by Gasteiger charge is 2.39. The number of carbonyl (C=O) groups is 5. The molecule has 3 amide bonds. The number of amides is 3. The number of hydrogen-bond acceptors (Lipinski definition) is 14. The van der Waals surface area contributed by atoms with Gasteiger partial charge in [-0.1, -0.05) is 12.2 Å². The van der Waals surface area contributed by atoms with Crippen LogP contribution in [0.3, 0.4) is 0 Å². The molecule has 2 unspecified atom stereocenters. The average molecular weight is 857 g/mol. The molecule has 18 heteroatoms. The molecule has 17 nitrogen and oxygen atoms in total. The van der Waals surface area contributed by atoms with Crippen LogP contribution in [0.2, 0.25) is 0 Å². The molecule has 2 aromatic carbocycles. The summed E-state index contributed by atoms with van der Waals surface area (Å²) in [5.74, 6) is 1.06. The number of anilines is 2. The minimum Gasteiger partial charge on any atom is -0.487 e. The van der Waals surface area contributed by atoms with Crippen LogP contribution in [0, 0.1) is 0 Å². The van der Waals surface area contributed by atoms with E-state index in [-0.39, 0.29) is 56.1 Å². The van der Waals surface area contributed by atoms with Crippen LogP contribution < -0.4 is 28.7 Å². The molecule has 0 N–H and O–H groups in total. The van der Waals surface area contributed by atoms with Crippen molar-refractivity contribution in [2.75, 3.05) is 62.4 Å². The van der Waals surface area contributed by atoms with Gasteiger partial charge in [0.05, 0.1) is 50.8 Å². The molecule has 60 heavy (non-hydrogen) atoms. The van der Waals surface area contributed by atoms with Gasteiger partial charge in [-0.05, 0) is 93.5 Å². The molecule has 2 saturated heterocycles. The smallest absolute Gasteiger partial charge is 0.410 e. The topological polar surface area (TPSA) is 172 Å². The minimum atomic E-state index is -0.790. The Kier molecular flexibility index (Phi) is 14.3. The van der Waals surface area contributed by atoms with Crippen LogP contribution in [0.4, 0.5) is 21.0 Å². The summed E-state index contributed by atoms with van der Waals surface area (Å²) in [7, 11) is 0. The van der Waals surface area contributed by atoms with Crippen molar-refractivity contribution in [2.24, 2.45) is 0 Å². The van der Waals surface area contributed by atoms with Gasteiger partial charge in [0.1, 0.15) is 70.1 Å². The van der Waals surface area contributed by atoms with E-state index < -0.39 is 29.3 Å². The second-order valence-corrected chi connectivity index (χ2v) is 16.9. The molecule has 0 aliphatic carbocycles. The molecule has 4 aliphatic rings. The molecular weight excluding hydrogens is 801 g/mol. The number of carbonyl (C=O) groups excluding carboxylic acids is 5. The number of fused-ring (bicyclic) bond motifs is 2. The summed E-state index contributed by atoms with van der Waals surface area (Å²) in [6.45, 7) is 20.1. The molecule has 6 rings (SSSR count). The molecule has 0 saturated carbocycles. The largest absolute Gasteiger partial charge is 0.487 e. The first-order valence-electron chi connectivity index (χ1n) is 20.0. The van der Waals surface area contributed by atoms with Gasteiger partial charge < -0.3 is 52.6 Å². The van der Waals surface area contributed by atoms with Crippen molar-refractivity contribution < 1.29 is 61.9 Å². The maximum atomic E-state index is 12.4. The molecule has 2 atom stereocenters.